The normalized spacial score (nSPS) is 11.2. The fraction of sp³-hybridized carbons (Fsp3) is 0.364. The van der Waals surface area contributed by atoms with Crippen LogP contribution in [0.1, 0.15) is 12.5 Å². The minimum atomic E-state index is -4.72. The van der Waals surface area contributed by atoms with Crippen LogP contribution < -0.4 is 10.6 Å². The lowest BCUT2D eigenvalue weighted by molar-refractivity contribution is -0.139. The zero-order valence-electron chi connectivity index (χ0n) is 9.57. The zero-order valence-corrected chi connectivity index (χ0v) is 9.57. The van der Waals surface area contributed by atoms with Crippen molar-refractivity contribution in [2.24, 2.45) is 0 Å². The number of carbonyl (C=O) groups is 1. The summed E-state index contributed by atoms with van der Waals surface area (Å²) in [6.45, 7) is 1.86. The average molecular weight is 264 g/mol. The van der Waals surface area contributed by atoms with Crippen LogP contribution in [0.25, 0.3) is 0 Å². The lowest BCUT2D eigenvalue weighted by Crippen LogP contribution is -2.26. The topological polar surface area (TPSA) is 41.1 Å². The molecule has 0 bridgehead atoms. The SMILES string of the molecule is CC(=O)NCCNc1ccc(F)c(C(F)(F)F)c1. The van der Waals surface area contributed by atoms with Crippen LogP contribution in [0.15, 0.2) is 18.2 Å². The highest BCUT2D eigenvalue weighted by atomic mass is 19.4. The van der Waals surface area contributed by atoms with E-state index in [9.17, 15) is 22.4 Å². The van der Waals surface area contributed by atoms with Crippen LogP contribution in [0.3, 0.4) is 0 Å². The first kappa shape index (κ1) is 14.3. The molecule has 100 valence electrons. The minimum Gasteiger partial charge on any atom is -0.383 e. The lowest BCUT2D eigenvalue weighted by atomic mass is 10.2. The summed E-state index contributed by atoms with van der Waals surface area (Å²) < 4.78 is 50.1. The van der Waals surface area contributed by atoms with E-state index in [1.54, 1.807) is 0 Å². The van der Waals surface area contributed by atoms with Crippen molar-refractivity contribution in [1.29, 1.82) is 0 Å². The average Bonchev–Trinajstić information content (AvgIpc) is 2.24. The fourth-order valence-electron chi connectivity index (χ4n) is 1.30. The summed E-state index contributed by atoms with van der Waals surface area (Å²) in [4.78, 5) is 10.5. The molecule has 7 heteroatoms. The van der Waals surface area contributed by atoms with Gasteiger partial charge in [-0.15, -0.1) is 0 Å². The summed E-state index contributed by atoms with van der Waals surface area (Å²) in [5.74, 6) is -1.54. The van der Waals surface area contributed by atoms with E-state index in [1.807, 2.05) is 0 Å². The number of hydrogen-bond acceptors (Lipinski definition) is 2. The molecular formula is C11H12F4N2O. The Kier molecular flexibility index (Phi) is 4.52. The van der Waals surface area contributed by atoms with Gasteiger partial charge in [0.05, 0.1) is 5.56 Å². The summed E-state index contributed by atoms with van der Waals surface area (Å²) in [7, 11) is 0. The quantitative estimate of drug-likeness (QED) is 0.647. The molecule has 0 unspecified atom stereocenters. The van der Waals surface area contributed by atoms with E-state index in [-0.39, 0.29) is 24.7 Å². The van der Waals surface area contributed by atoms with Crippen molar-refractivity contribution in [3.63, 3.8) is 0 Å². The third-order valence-corrected chi connectivity index (χ3v) is 2.10. The molecule has 2 N–H and O–H groups in total. The maximum atomic E-state index is 13.0. The van der Waals surface area contributed by atoms with E-state index >= 15 is 0 Å². The Morgan fingerprint density at radius 2 is 1.94 bits per heavy atom. The maximum absolute atomic E-state index is 13.0. The van der Waals surface area contributed by atoms with E-state index in [2.05, 4.69) is 10.6 Å². The van der Waals surface area contributed by atoms with Crippen LogP contribution in [-0.2, 0) is 11.0 Å². The molecule has 18 heavy (non-hydrogen) atoms. The summed E-state index contributed by atoms with van der Waals surface area (Å²) in [5, 5.41) is 5.13. The zero-order chi connectivity index (χ0) is 13.8. The predicted octanol–water partition coefficient (Wildman–Crippen LogP) is 2.39. The van der Waals surface area contributed by atoms with E-state index < -0.39 is 17.6 Å². The van der Waals surface area contributed by atoms with Gasteiger partial charge in [0.15, 0.2) is 0 Å². The first-order valence-electron chi connectivity index (χ1n) is 5.16. The lowest BCUT2D eigenvalue weighted by Gasteiger charge is -2.11. The molecule has 3 nitrogen and oxygen atoms in total. The van der Waals surface area contributed by atoms with E-state index in [0.717, 1.165) is 6.07 Å². The van der Waals surface area contributed by atoms with Crippen LogP contribution in [0.5, 0.6) is 0 Å². The van der Waals surface area contributed by atoms with E-state index in [0.29, 0.717) is 6.07 Å². The molecule has 0 aromatic heterocycles. The minimum absolute atomic E-state index is 0.147. The highest BCUT2D eigenvalue weighted by Crippen LogP contribution is 2.32. The molecule has 0 fully saturated rings. The molecule has 0 atom stereocenters. The number of anilines is 1. The number of amides is 1. The summed E-state index contributed by atoms with van der Waals surface area (Å²) >= 11 is 0. The number of halogens is 4. The van der Waals surface area contributed by atoms with Gasteiger partial charge in [0.25, 0.3) is 0 Å². The van der Waals surface area contributed by atoms with Crippen molar-refractivity contribution in [2.75, 3.05) is 18.4 Å². The van der Waals surface area contributed by atoms with Gasteiger partial charge in [0.1, 0.15) is 5.82 Å². The van der Waals surface area contributed by atoms with Crippen LogP contribution in [0.4, 0.5) is 23.2 Å². The molecule has 1 rings (SSSR count). The molecule has 0 aliphatic rings. The number of hydrogen-bond donors (Lipinski definition) is 2. The van der Waals surface area contributed by atoms with Crippen LogP contribution >= 0.6 is 0 Å². The van der Waals surface area contributed by atoms with Crippen molar-refractivity contribution in [3.8, 4) is 0 Å². The number of carbonyl (C=O) groups excluding carboxylic acids is 1. The highest BCUT2D eigenvalue weighted by Gasteiger charge is 2.34. The largest absolute Gasteiger partial charge is 0.419 e. The molecule has 0 heterocycles. The van der Waals surface area contributed by atoms with Gasteiger partial charge >= 0.3 is 6.18 Å². The van der Waals surface area contributed by atoms with E-state index in [1.165, 1.54) is 13.0 Å². The maximum Gasteiger partial charge on any atom is 0.419 e. The second kappa shape index (κ2) is 5.70. The molecule has 0 aliphatic heterocycles. The van der Waals surface area contributed by atoms with Crippen molar-refractivity contribution < 1.29 is 22.4 Å². The van der Waals surface area contributed by atoms with Gasteiger partial charge in [-0.05, 0) is 18.2 Å². The van der Waals surface area contributed by atoms with Gasteiger partial charge in [-0.3, -0.25) is 4.79 Å². The van der Waals surface area contributed by atoms with Crippen molar-refractivity contribution >= 4 is 11.6 Å². The molecule has 0 spiro atoms. The van der Waals surface area contributed by atoms with Gasteiger partial charge in [0, 0.05) is 25.7 Å². The number of rotatable bonds is 4. The predicted molar refractivity (Wildman–Crippen MR) is 58.6 cm³/mol. The molecule has 0 saturated carbocycles. The van der Waals surface area contributed by atoms with Crippen LogP contribution in [-0.4, -0.2) is 19.0 Å². The van der Waals surface area contributed by atoms with Gasteiger partial charge in [-0.1, -0.05) is 0 Å². The second-order valence-electron chi connectivity index (χ2n) is 3.60. The third kappa shape index (κ3) is 4.23. The Bertz CT molecular complexity index is 432. The molecular weight excluding hydrogens is 252 g/mol. The number of nitrogens with one attached hydrogen (secondary N) is 2. The summed E-state index contributed by atoms with van der Waals surface area (Å²) in [5.41, 5.74) is -1.17. The Morgan fingerprint density at radius 3 is 2.50 bits per heavy atom. The molecule has 0 aliphatic carbocycles. The number of benzene rings is 1. The van der Waals surface area contributed by atoms with Crippen molar-refractivity contribution in [2.45, 2.75) is 13.1 Å². The standard InChI is InChI=1S/C11H12F4N2O/c1-7(18)16-4-5-17-8-2-3-10(12)9(6-8)11(13,14)15/h2-3,6,17H,4-5H2,1H3,(H,16,18). The van der Waals surface area contributed by atoms with Gasteiger partial charge in [0.2, 0.25) is 5.91 Å². The monoisotopic (exact) mass is 264 g/mol. The Balaban J connectivity index is 2.65. The first-order chi connectivity index (χ1) is 8.30. The Morgan fingerprint density at radius 1 is 1.28 bits per heavy atom. The molecule has 0 radical (unpaired) electrons. The molecule has 1 aromatic rings. The summed E-state index contributed by atoms with van der Waals surface area (Å²) in [6.07, 6.45) is -4.72. The Labute approximate surface area is 101 Å². The Hall–Kier alpha value is -1.79. The third-order valence-electron chi connectivity index (χ3n) is 2.10. The molecule has 1 amide bonds. The second-order valence-corrected chi connectivity index (χ2v) is 3.60. The summed E-state index contributed by atoms with van der Waals surface area (Å²) in [6, 6.07) is 2.66. The van der Waals surface area contributed by atoms with Gasteiger partial charge < -0.3 is 10.6 Å². The van der Waals surface area contributed by atoms with Crippen molar-refractivity contribution in [3.05, 3.63) is 29.6 Å². The highest BCUT2D eigenvalue weighted by molar-refractivity contribution is 5.72. The van der Waals surface area contributed by atoms with Crippen LogP contribution in [0, 0.1) is 5.82 Å². The smallest absolute Gasteiger partial charge is 0.383 e. The van der Waals surface area contributed by atoms with Gasteiger partial charge in [-0.2, -0.15) is 13.2 Å². The van der Waals surface area contributed by atoms with Crippen molar-refractivity contribution in [1.82, 2.24) is 5.32 Å². The molecule has 1 aromatic carbocycles. The van der Waals surface area contributed by atoms with Gasteiger partial charge in [-0.25, -0.2) is 4.39 Å². The van der Waals surface area contributed by atoms with Crippen LogP contribution in [0.2, 0.25) is 0 Å². The fourth-order valence-corrected chi connectivity index (χ4v) is 1.30. The number of alkyl halides is 3. The first-order valence-corrected chi connectivity index (χ1v) is 5.16. The molecule has 0 saturated heterocycles. The van der Waals surface area contributed by atoms with E-state index in [4.69, 9.17) is 0 Å².